The Kier molecular flexibility index (Phi) is 6.24. The van der Waals surface area contributed by atoms with Crippen LogP contribution in [-0.4, -0.2) is 31.9 Å². The molecule has 0 aliphatic rings. The summed E-state index contributed by atoms with van der Waals surface area (Å²) < 4.78 is 16.2. The number of methoxy groups -OCH3 is 1. The fourth-order valence-corrected chi connectivity index (χ4v) is 1.96. The molecule has 1 heterocycles. The Morgan fingerprint density at radius 2 is 2.19 bits per heavy atom. The number of oxazole rings is 1. The lowest BCUT2D eigenvalue weighted by Crippen LogP contribution is -2.19. The van der Waals surface area contributed by atoms with E-state index in [1.807, 2.05) is 24.3 Å². The fraction of sp³-hybridized carbons (Fsp3) is 0.438. The van der Waals surface area contributed by atoms with Crippen LogP contribution >= 0.6 is 0 Å². The molecule has 2 aromatic rings. The molecule has 0 atom stereocenters. The van der Waals surface area contributed by atoms with Gasteiger partial charge in [0.25, 0.3) is 0 Å². The summed E-state index contributed by atoms with van der Waals surface area (Å²) >= 11 is 0. The molecule has 0 spiro atoms. The maximum absolute atomic E-state index is 5.65. The molecule has 0 fully saturated rings. The quantitative estimate of drug-likeness (QED) is 0.720. The number of rotatable bonds is 9. The highest BCUT2D eigenvalue weighted by Gasteiger charge is 2.11. The number of hydrogen-bond donors (Lipinski definition) is 1. The Morgan fingerprint density at radius 3 is 3.00 bits per heavy atom. The summed E-state index contributed by atoms with van der Waals surface area (Å²) in [4.78, 5) is 4.27. The Balaban J connectivity index is 2.05. The summed E-state index contributed by atoms with van der Waals surface area (Å²) in [7, 11) is 1.69. The van der Waals surface area contributed by atoms with Crippen LogP contribution in [0.2, 0.25) is 0 Å². The van der Waals surface area contributed by atoms with Crippen molar-refractivity contribution in [1.82, 2.24) is 10.3 Å². The van der Waals surface area contributed by atoms with E-state index in [0.717, 1.165) is 35.7 Å². The van der Waals surface area contributed by atoms with E-state index in [0.29, 0.717) is 19.8 Å². The molecule has 114 valence electrons. The van der Waals surface area contributed by atoms with Crippen molar-refractivity contribution >= 4 is 0 Å². The van der Waals surface area contributed by atoms with Crippen molar-refractivity contribution in [3.05, 3.63) is 36.4 Å². The predicted octanol–water partition coefficient (Wildman–Crippen LogP) is 2.87. The molecule has 0 saturated heterocycles. The topological polar surface area (TPSA) is 56.5 Å². The molecule has 0 radical (unpaired) electrons. The summed E-state index contributed by atoms with van der Waals surface area (Å²) in [6.45, 7) is 4.90. The second kappa shape index (κ2) is 8.44. The minimum absolute atomic E-state index is 0.648. The van der Waals surface area contributed by atoms with Crippen LogP contribution in [0, 0.1) is 0 Å². The molecule has 5 heteroatoms. The molecule has 0 bridgehead atoms. The zero-order valence-corrected chi connectivity index (χ0v) is 12.6. The highest BCUT2D eigenvalue weighted by atomic mass is 16.5. The average molecular weight is 290 g/mol. The summed E-state index contributed by atoms with van der Waals surface area (Å²) in [6.07, 6.45) is 2.46. The van der Waals surface area contributed by atoms with Crippen LogP contribution in [0.4, 0.5) is 0 Å². The second-order valence-corrected chi connectivity index (χ2v) is 4.67. The van der Waals surface area contributed by atoms with Crippen molar-refractivity contribution in [3.8, 4) is 17.1 Å². The summed E-state index contributed by atoms with van der Waals surface area (Å²) in [6, 6.07) is 7.89. The van der Waals surface area contributed by atoms with Crippen LogP contribution in [0.1, 0.15) is 19.0 Å². The monoisotopic (exact) mass is 290 g/mol. The zero-order valence-electron chi connectivity index (χ0n) is 12.6. The number of hydrogen-bond acceptors (Lipinski definition) is 5. The maximum Gasteiger partial charge on any atom is 0.181 e. The Labute approximate surface area is 125 Å². The van der Waals surface area contributed by atoms with Gasteiger partial charge in [0.2, 0.25) is 0 Å². The van der Waals surface area contributed by atoms with E-state index in [-0.39, 0.29) is 0 Å². The van der Waals surface area contributed by atoms with Gasteiger partial charge < -0.3 is 19.2 Å². The third-order valence-electron chi connectivity index (χ3n) is 2.99. The van der Waals surface area contributed by atoms with Crippen molar-refractivity contribution in [2.75, 3.05) is 26.9 Å². The maximum atomic E-state index is 5.65. The number of nitrogens with one attached hydrogen (secondary N) is 1. The van der Waals surface area contributed by atoms with Crippen molar-refractivity contribution in [3.63, 3.8) is 0 Å². The van der Waals surface area contributed by atoms with Crippen LogP contribution < -0.4 is 10.1 Å². The largest absolute Gasteiger partial charge is 0.494 e. The van der Waals surface area contributed by atoms with Gasteiger partial charge in [-0.15, -0.1) is 0 Å². The SMILES string of the molecule is CCCOc1cccc(-c2ocnc2CNCCOC)c1. The molecule has 1 aromatic carbocycles. The molecule has 0 aliphatic heterocycles. The molecule has 1 aromatic heterocycles. The van der Waals surface area contributed by atoms with Crippen molar-refractivity contribution in [2.24, 2.45) is 0 Å². The lowest BCUT2D eigenvalue weighted by molar-refractivity contribution is 0.199. The third kappa shape index (κ3) is 4.58. The van der Waals surface area contributed by atoms with E-state index in [2.05, 4.69) is 17.2 Å². The van der Waals surface area contributed by atoms with Gasteiger partial charge in [0.1, 0.15) is 11.4 Å². The van der Waals surface area contributed by atoms with E-state index < -0.39 is 0 Å². The number of benzene rings is 1. The second-order valence-electron chi connectivity index (χ2n) is 4.67. The van der Waals surface area contributed by atoms with Gasteiger partial charge in [-0.05, 0) is 18.6 Å². The summed E-state index contributed by atoms with van der Waals surface area (Å²) in [5.74, 6) is 1.63. The van der Waals surface area contributed by atoms with Crippen LogP contribution in [0.15, 0.2) is 35.1 Å². The average Bonchev–Trinajstić information content (AvgIpc) is 2.98. The first-order valence-corrected chi connectivity index (χ1v) is 7.20. The van der Waals surface area contributed by atoms with E-state index in [1.165, 1.54) is 6.39 Å². The molecule has 0 unspecified atom stereocenters. The molecule has 5 nitrogen and oxygen atoms in total. The number of aromatic nitrogens is 1. The molecule has 21 heavy (non-hydrogen) atoms. The van der Waals surface area contributed by atoms with E-state index in [9.17, 15) is 0 Å². The first-order valence-electron chi connectivity index (χ1n) is 7.20. The third-order valence-corrected chi connectivity index (χ3v) is 2.99. The Bertz CT molecular complexity index is 540. The van der Waals surface area contributed by atoms with E-state index >= 15 is 0 Å². The smallest absolute Gasteiger partial charge is 0.181 e. The van der Waals surface area contributed by atoms with Gasteiger partial charge in [-0.25, -0.2) is 4.98 Å². The summed E-state index contributed by atoms with van der Waals surface area (Å²) in [5.41, 5.74) is 1.86. The first-order chi connectivity index (χ1) is 10.3. The Hall–Kier alpha value is -1.85. The summed E-state index contributed by atoms with van der Waals surface area (Å²) in [5, 5.41) is 3.27. The fourth-order valence-electron chi connectivity index (χ4n) is 1.96. The minimum Gasteiger partial charge on any atom is -0.494 e. The highest BCUT2D eigenvalue weighted by Crippen LogP contribution is 2.26. The molecular formula is C16H22N2O3. The highest BCUT2D eigenvalue weighted by molar-refractivity contribution is 5.61. The van der Waals surface area contributed by atoms with E-state index in [1.54, 1.807) is 7.11 Å². The van der Waals surface area contributed by atoms with Gasteiger partial charge in [-0.1, -0.05) is 19.1 Å². The molecule has 0 aliphatic carbocycles. The lowest BCUT2D eigenvalue weighted by atomic mass is 10.1. The standard InChI is InChI=1S/C16H22N2O3/c1-3-8-20-14-6-4-5-13(10-14)16-15(18-12-21-16)11-17-7-9-19-2/h4-6,10,12,17H,3,7-9,11H2,1-2H3. The number of nitrogens with zero attached hydrogens (tertiary/aromatic N) is 1. The molecule has 1 N–H and O–H groups in total. The first kappa shape index (κ1) is 15.5. The van der Waals surface area contributed by atoms with Crippen LogP contribution in [0.5, 0.6) is 5.75 Å². The van der Waals surface area contributed by atoms with Crippen LogP contribution in [0.25, 0.3) is 11.3 Å². The molecule has 0 saturated carbocycles. The molecule has 0 amide bonds. The number of ether oxygens (including phenoxy) is 2. The van der Waals surface area contributed by atoms with Crippen molar-refractivity contribution < 1.29 is 13.9 Å². The van der Waals surface area contributed by atoms with Crippen LogP contribution in [0.3, 0.4) is 0 Å². The minimum atomic E-state index is 0.648. The molecule has 2 rings (SSSR count). The van der Waals surface area contributed by atoms with Gasteiger partial charge in [0, 0.05) is 25.8 Å². The van der Waals surface area contributed by atoms with Gasteiger partial charge in [-0.3, -0.25) is 0 Å². The van der Waals surface area contributed by atoms with Crippen LogP contribution in [-0.2, 0) is 11.3 Å². The van der Waals surface area contributed by atoms with Crippen molar-refractivity contribution in [1.29, 1.82) is 0 Å². The molecular weight excluding hydrogens is 268 g/mol. The van der Waals surface area contributed by atoms with Gasteiger partial charge in [0.15, 0.2) is 12.2 Å². The predicted molar refractivity (Wildman–Crippen MR) is 81.3 cm³/mol. The lowest BCUT2D eigenvalue weighted by Gasteiger charge is -2.07. The van der Waals surface area contributed by atoms with Gasteiger partial charge >= 0.3 is 0 Å². The van der Waals surface area contributed by atoms with Crippen molar-refractivity contribution in [2.45, 2.75) is 19.9 Å². The van der Waals surface area contributed by atoms with Gasteiger partial charge in [0.05, 0.1) is 13.2 Å². The Morgan fingerprint density at radius 1 is 1.29 bits per heavy atom. The van der Waals surface area contributed by atoms with E-state index in [4.69, 9.17) is 13.9 Å². The normalized spacial score (nSPS) is 10.8. The zero-order chi connectivity index (χ0) is 14.9. The van der Waals surface area contributed by atoms with Gasteiger partial charge in [-0.2, -0.15) is 0 Å².